The number of carbonyl (C=O) groups is 1. The van der Waals surface area contributed by atoms with Crippen molar-refractivity contribution in [3.63, 3.8) is 0 Å². The molecule has 1 aromatic heterocycles. The van der Waals surface area contributed by atoms with E-state index in [2.05, 4.69) is 10.4 Å². The summed E-state index contributed by atoms with van der Waals surface area (Å²) in [5.41, 5.74) is 8.87. The molecule has 2 fully saturated rings. The Balaban J connectivity index is 1.42. The van der Waals surface area contributed by atoms with Crippen molar-refractivity contribution in [2.24, 2.45) is 5.41 Å². The van der Waals surface area contributed by atoms with Crippen molar-refractivity contribution in [2.45, 2.75) is 19.8 Å². The van der Waals surface area contributed by atoms with Crippen molar-refractivity contribution in [1.82, 2.24) is 14.7 Å². The van der Waals surface area contributed by atoms with Crippen LogP contribution in [-0.2, 0) is 4.74 Å². The number of amides is 2. The van der Waals surface area contributed by atoms with Crippen LogP contribution in [0.5, 0.6) is 0 Å². The van der Waals surface area contributed by atoms with Gasteiger partial charge in [-0.1, -0.05) is 17.7 Å². The van der Waals surface area contributed by atoms with Gasteiger partial charge in [-0.05, 0) is 31.9 Å². The molecule has 2 amide bonds. The van der Waals surface area contributed by atoms with E-state index < -0.39 is 0 Å². The number of nitrogens with one attached hydrogen (secondary N) is 1. The molecule has 1 aromatic carbocycles. The SMILES string of the molecule is Cc1ccc(-n2cc(N)c(NC(=O)N3CCC4(CC3)COC4)n2)cc1. The molecular formula is C18H23N5O2. The normalized spacial score (nSPS) is 18.8. The third-order valence-corrected chi connectivity index (χ3v) is 5.19. The lowest BCUT2D eigenvalue weighted by Gasteiger charge is -2.47. The van der Waals surface area contributed by atoms with E-state index in [-0.39, 0.29) is 6.03 Å². The molecule has 0 aliphatic carbocycles. The van der Waals surface area contributed by atoms with Crippen molar-refractivity contribution in [1.29, 1.82) is 0 Å². The van der Waals surface area contributed by atoms with E-state index in [1.54, 1.807) is 10.9 Å². The van der Waals surface area contributed by atoms with Crippen LogP contribution >= 0.6 is 0 Å². The first kappa shape index (κ1) is 16.0. The fourth-order valence-electron chi connectivity index (χ4n) is 3.36. The molecule has 3 heterocycles. The van der Waals surface area contributed by atoms with Crippen molar-refractivity contribution >= 4 is 17.5 Å². The fourth-order valence-corrected chi connectivity index (χ4v) is 3.36. The first-order valence-corrected chi connectivity index (χ1v) is 8.61. The molecular weight excluding hydrogens is 318 g/mol. The molecule has 0 unspecified atom stereocenters. The molecule has 132 valence electrons. The summed E-state index contributed by atoms with van der Waals surface area (Å²) in [6.45, 7) is 5.18. The number of ether oxygens (including phenoxy) is 1. The Morgan fingerprint density at radius 1 is 1.24 bits per heavy atom. The van der Waals surface area contributed by atoms with Gasteiger partial charge in [-0.15, -0.1) is 5.10 Å². The minimum Gasteiger partial charge on any atom is -0.394 e. The van der Waals surface area contributed by atoms with Crippen LogP contribution in [0.15, 0.2) is 30.5 Å². The van der Waals surface area contributed by atoms with E-state index in [9.17, 15) is 4.79 Å². The molecule has 4 rings (SSSR count). The second-order valence-corrected chi connectivity index (χ2v) is 7.12. The van der Waals surface area contributed by atoms with Crippen LogP contribution in [0.25, 0.3) is 5.69 Å². The zero-order valence-electron chi connectivity index (χ0n) is 14.4. The number of rotatable bonds is 2. The molecule has 7 nitrogen and oxygen atoms in total. The zero-order valence-corrected chi connectivity index (χ0v) is 14.4. The topological polar surface area (TPSA) is 85.4 Å². The number of nitrogen functional groups attached to an aromatic ring is 1. The zero-order chi connectivity index (χ0) is 17.4. The highest BCUT2D eigenvalue weighted by molar-refractivity contribution is 5.91. The van der Waals surface area contributed by atoms with Gasteiger partial charge in [0, 0.05) is 18.5 Å². The molecule has 2 saturated heterocycles. The van der Waals surface area contributed by atoms with Gasteiger partial charge in [-0.2, -0.15) is 0 Å². The molecule has 2 aromatic rings. The van der Waals surface area contributed by atoms with Crippen LogP contribution in [-0.4, -0.2) is 47.0 Å². The summed E-state index contributed by atoms with van der Waals surface area (Å²) in [4.78, 5) is 14.3. The van der Waals surface area contributed by atoms with Crippen LogP contribution in [0.3, 0.4) is 0 Å². The Labute approximate surface area is 146 Å². The van der Waals surface area contributed by atoms with E-state index in [4.69, 9.17) is 10.5 Å². The molecule has 0 bridgehead atoms. The molecule has 2 aliphatic rings. The molecule has 3 N–H and O–H groups in total. The Kier molecular flexibility index (Phi) is 3.88. The van der Waals surface area contributed by atoms with E-state index in [1.807, 2.05) is 36.1 Å². The molecule has 1 spiro atoms. The van der Waals surface area contributed by atoms with Gasteiger partial charge in [0.05, 0.1) is 30.8 Å². The van der Waals surface area contributed by atoms with Gasteiger partial charge in [0.2, 0.25) is 0 Å². The molecule has 0 saturated carbocycles. The maximum atomic E-state index is 12.5. The number of aromatic nitrogens is 2. The number of anilines is 2. The van der Waals surface area contributed by atoms with Gasteiger partial charge in [0.15, 0.2) is 5.82 Å². The predicted octanol–water partition coefficient (Wildman–Crippen LogP) is 2.41. The maximum Gasteiger partial charge on any atom is 0.323 e. The highest BCUT2D eigenvalue weighted by Gasteiger charge is 2.42. The second-order valence-electron chi connectivity index (χ2n) is 7.12. The predicted molar refractivity (Wildman–Crippen MR) is 95.8 cm³/mol. The lowest BCUT2D eigenvalue weighted by molar-refractivity contribution is -0.135. The minimum absolute atomic E-state index is 0.143. The van der Waals surface area contributed by atoms with Gasteiger partial charge >= 0.3 is 6.03 Å². The van der Waals surface area contributed by atoms with E-state index in [0.29, 0.717) is 16.9 Å². The molecule has 7 heteroatoms. The summed E-state index contributed by atoms with van der Waals surface area (Å²) >= 11 is 0. The lowest BCUT2D eigenvalue weighted by atomic mass is 9.77. The number of nitrogens with zero attached hydrogens (tertiary/aromatic N) is 3. The lowest BCUT2D eigenvalue weighted by Crippen LogP contribution is -2.52. The number of piperidine rings is 1. The van der Waals surface area contributed by atoms with Crippen LogP contribution in [0.4, 0.5) is 16.3 Å². The fraction of sp³-hybridized carbons (Fsp3) is 0.444. The van der Waals surface area contributed by atoms with Crippen molar-refractivity contribution in [3.05, 3.63) is 36.0 Å². The molecule has 2 aliphatic heterocycles. The van der Waals surface area contributed by atoms with Crippen LogP contribution in [0.1, 0.15) is 18.4 Å². The molecule has 0 radical (unpaired) electrons. The van der Waals surface area contributed by atoms with Gasteiger partial charge in [-0.25, -0.2) is 9.48 Å². The Hall–Kier alpha value is -2.54. The average Bonchev–Trinajstić information content (AvgIpc) is 2.95. The number of hydrogen-bond donors (Lipinski definition) is 2. The number of carbonyl (C=O) groups excluding carboxylic acids is 1. The Morgan fingerprint density at radius 2 is 1.92 bits per heavy atom. The number of likely N-dealkylation sites (tertiary alicyclic amines) is 1. The standard InChI is InChI=1S/C18H23N5O2/c1-13-2-4-14(5-3-13)23-10-15(19)16(21-23)20-17(24)22-8-6-18(7-9-22)11-25-12-18/h2-5,10H,6-9,11-12,19H2,1H3,(H,20,21,24). The quantitative estimate of drug-likeness (QED) is 0.878. The largest absolute Gasteiger partial charge is 0.394 e. The first-order chi connectivity index (χ1) is 12.0. The second kappa shape index (κ2) is 6.07. The summed E-state index contributed by atoms with van der Waals surface area (Å²) in [7, 11) is 0. The molecule has 0 atom stereocenters. The summed E-state index contributed by atoms with van der Waals surface area (Å²) in [5.74, 6) is 0.401. The third kappa shape index (κ3) is 3.07. The molecule has 25 heavy (non-hydrogen) atoms. The van der Waals surface area contributed by atoms with Gasteiger partial charge < -0.3 is 15.4 Å². The summed E-state index contributed by atoms with van der Waals surface area (Å²) < 4.78 is 7.01. The smallest absolute Gasteiger partial charge is 0.323 e. The van der Waals surface area contributed by atoms with Gasteiger partial charge in [0.25, 0.3) is 0 Å². The van der Waals surface area contributed by atoms with Crippen molar-refractivity contribution in [3.8, 4) is 5.69 Å². The van der Waals surface area contributed by atoms with Gasteiger partial charge in [-0.3, -0.25) is 5.32 Å². The number of hydrogen-bond acceptors (Lipinski definition) is 4. The van der Waals surface area contributed by atoms with E-state index in [1.165, 1.54) is 5.56 Å². The Morgan fingerprint density at radius 3 is 2.52 bits per heavy atom. The van der Waals surface area contributed by atoms with Crippen molar-refractivity contribution in [2.75, 3.05) is 37.4 Å². The van der Waals surface area contributed by atoms with Crippen LogP contribution in [0.2, 0.25) is 0 Å². The number of nitrogens with two attached hydrogens (primary N) is 1. The van der Waals surface area contributed by atoms with E-state index in [0.717, 1.165) is 44.8 Å². The monoisotopic (exact) mass is 341 g/mol. The number of urea groups is 1. The summed E-state index contributed by atoms with van der Waals surface area (Å²) in [5, 5.41) is 7.26. The Bertz CT molecular complexity index is 769. The third-order valence-electron chi connectivity index (χ3n) is 5.19. The number of aryl methyl sites for hydroxylation is 1. The van der Waals surface area contributed by atoms with Crippen LogP contribution in [0, 0.1) is 12.3 Å². The summed E-state index contributed by atoms with van der Waals surface area (Å²) in [6.07, 6.45) is 3.71. The van der Waals surface area contributed by atoms with E-state index >= 15 is 0 Å². The minimum atomic E-state index is -0.143. The van der Waals surface area contributed by atoms with Gasteiger partial charge in [0.1, 0.15) is 0 Å². The maximum absolute atomic E-state index is 12.5. The average molecular weight is 341 g/mol. The van der Waals surface area contributed by atoms with Crippen LogP contribution < -0.4 is 11.1 Å². The van der Waals surface area contributed by atoms with Crippen molar-refractivity contribution < 1.29 is 9.53 Å². The first-order valence-electron chi connectivity index (χ1n) is 8.61. The highest BCUT2D eigenvalue weighted by Crippen LogP contribution is 2.38. The number of benzene rings is 1. The highest BCUT2D eigenvalue weighted by atomic mass is 16.5. The summed E-state index contributed by atoms with van der Waals surface area (Å²) in [6, 6.07) is 7.82.